The number of hydrogen-bond acceptors (Lipinski definition) is 6. The quantitative estimate of drug-likeness (QED) is 0.105. The number of aliphatic carboxylic acids is 3. The van der Waals surface area contributed by atoms with Gasteiger partial charge in [0.15, 0.2) is 12.8 Å². The third-order valence-electron chi connectivity index (χ3n) is 16.6. The first-order valence-electron chi connectivity index (χ1n) is 21.0. The third kappa shape index (κ3) is 5.33. The highest BCUT2D eigenvalue weighted by Crippen LogP contribution is 3.11. The van der Waals surface area contributed by atoms with Crippen LogP contribution in [0.25, 0.3) is 0 Å². The summed E-state index contributed by atoms with van der Waals surface area (Å²) in [5, 5.41) is 40.5. The van der Waals surface area contributed by atoms with Gasteiger partial charge in [0.2, 0.25) is 0 Å². The fourth-order valence-corrected chi connectivity index (χ4v) is 14.9. The molecule has 9 aliphatic rings. The van der Waals surface area contributed by atoms with E-state index in [0.29, 0.717) is 83.9 Å². The molecule has 0 amide bonds. The summed E-state index contributed by atoms with van der Waals surface area (Å²) in [4.78, 5) is 37.3. The molecule has 2 aromatic carbocycles. The Morgan fingerprint density at radius 2 is 1.16 bits per heavy atom. The second kappa shape index (κ2) is 13.4. The zero-order chi connectivity index (χ0) is 38.7. The molecule has 10 atom stereocenters. The Balaban J connectivity index is 0.953. The standard InChI is InChI=1S/C44H52F2N4O6/c45-29-9-22(13-31(40(51)52)26-1-4-47-16-26)7-24(11-29)19-50(20-25-8-23(10-30(46)12-25)14-32(41(53)54)27-2-5-48-17-27)21-44-37-34-36-35(37)39(44)43(36,38(34)44)15-33(42(55)56)28-3-6-49-18-28/h7-12,19,26-28,31-39,47-49H,1-6,13-18,20-21H2,(H2-,51,52,53,54,55,56)/p+1/t26-,27-,28-,31-,32-,33?,34?,35?,36?,37?,38?,39?,43?,44?/m0/s1. The van der Waals surface area contributed by atoms with Crippen molar-refractivity contribution in [3.05, 3.63) is 70.3 Å². The van der Waals surface area contributed by atoms with Crippen LogP contribution in [0.2, 0.25) is 0 Å². The van der Waals surface area contributed by atoms with Crippen LogP contribution in [0.15, 0.2) is 36.4 Å². The van der Waals surface area contributed by atoms with E-state index in [-0.39, 0.29) is 47.3 Å². The van der Waals surface area contributed by atoms with Gasteiger partial charge in [-0.2, -0.15) is 0 Å². The third-order valence-corrected chi connectivity index (χ3v) is 16.6. The highest BCUT2D eigenvalue weighted by molar-refractivity contribution is 5.77. The van der Waals surface area contributed by atoms with Gasteiger partial charge in [-0.3, -0.25) is 14.4 Å². The van der Waals surface area contributed by atoms with Crippen LogP contribution in [0.5, 0.6) is 0 Å². The molecule has 5 unspecified atom stereocenters. The van der Waals surface area contributed by atoms with E-state index < -0.39 is 41.4 Å². The van der Waals surface area contributed by atoms with Gasteiger partial charge in [0.05, 0.1) is 17.8 Å². The largest absolute Gasteiger partial charge is 0.481 e. The molecule has 0 radical (unpaired) electrons. The van der Waals surface area contributed by atoms with Crippen LogP contribution in [0.1, 0.15) is 47.9 Å². The van der Waals surface area contributed by atoms with Crippen LogP contribution in [0.3, 0.4) is 0 Å². The van der Waals surface area contributed by atoms with Gasteiger partial charge in [0.25, 0.3) is 0 Å². The van der Waals surface area contributed by atoms with E-state index >= 15 is 8.78 Å². The number of rotatable bonds is 17. The van der Waals surface area contributed by atoms with Crippen LogP contribution in [-0.2, 0) is 33.8 Å². The van der Waals surface area contributed by atoms with E-state index in [1.54, 1.807) is 0 Å². The zero-order valence-corrected chi connectivity index (χ0v) is 31.6. The molecule has 2 aromatic rings. The normalized spacial score (nSPS) is 38.3. The fourth-order valence-electron chi connectivity index (χ4n) is 14.9. The lowest BCUT2D eigenvalue weighted by Crippen LogP contribution is -3.10. The Morgan fingerprint density at radius 3 is 1.68 bits per heavy atom. The van der Waals surface area contributed by atoms with Crippen molar-refractivity contribution in [2.24, 2.45) is 81.8 Å². The Bertz CT molecular complexity index is 1970. The maximum Gasteiger partial charge on any atom is 0.307 e. The predicted molar refractivity (Wildman–Crippen MR) is 201 cm³/mol. The van der Waals surface area contributed by atoms with Crippen molar-refractivity contribution in [1.29, 1.82) is 0 Å². The van der Waals surface area contributed by atoms with Gasteiger partial charge < -0.3 is 31.3 Å². The summed E-state index contributed by atoms with van der Waals surface area (Å²) in [6.07, 6.45) is 5.59. The Labute approximate surface area is 325 Å². The Kier molecular flexibility index (Phi) is 8.76. The summed E-state index contributed by atoms with van der Waals surface area (Å²) >= 11 is 0. The number of carboxylic acids is 3. The molecular formula is C44H53F2N4O6+. The molecule has 6 aliphatic carbocycles. The molecule has 12 heteroatoms. The predicted octanol–water partition coefficient (Wildman–Crippen LogP) is 3.74. The highest BCUT2D eigenvalue weighted by Gasteiger charge is 3.10. The molecule has 6 saturated carbocycles. The second-order valence-corrected chi connectivity index (χ2v) is 19.0. The molecule has 11 rings (SSSR count). The molecule has 56 heavy (non-hydrogen) atoms. The summed E-state index contributed by atoms with van der Waals surface area (Å²) in [6.45, 7) is 5.47. The number of nitrogens with one attached hydrogen (secondary N) is 3. The van der Waals surface area contributed by atoms with Gasteiger partial charge in [-0.1, -0.05) is 0 Å². The number of nitrogens with zero attached hydrogens (tertiary/aromatic N) is 1. The van der Waals surface area contributed by atoms with Crippen molar-refractivity contribution >= 4 is 24.1 Å². The summed E-state index contributed by atoms with van der Waals surface area (Å²) in [6, 6.07) is 9.65. The maximum atomic E-state index is 15.4. The van der Waals surface area contributed by atoms with E-state index in [1.165, 1.54) is 24.3 Å². The van der Waals surface area contributed by atoms with Gasteiger partial charge in [0, 0.05) is 16.5 Å². The molecular weight excluding hydrogens is 719 g/mol. The molecule has 10 nitrogen and oxygen atoms in total. The second-order valence-electron chi connectivity index (χ2n) is 19.0. The molecule has 3 heterocycles. The number of hydrogen-bond donors (Lipinski definition) is 6. The molecule has 0 bridgehead atoms. The van der Waals surface area contributed by atoms with Crippen molar-refractivity contribution in [2.75, 3.05) is 45.8 Å². The minimum Gasteiger partial charge on any atom is -0.481 e. The van der Waals surface area contributed by atoms with Crippen LogP contribution in [-0.4, -0.2) is 89.8 Å². The van der Waals surface area contributed by atoms with E-state index in [1.807, 2.05) is 18.3 Å². The average molecular weight is 772 g/mol. The van der Waals surface area contributed by atoms with Crippen molar-refractivity contribution in [3.8, 4) is 0 Å². The number of carbonyl (C=O) groups is 3. The number of benzene rings is 2. The van der Waals surface area contributed by atoms with Crippen LogP contribution in [0.4, 0.5) is 8.78 Å². The first kappa shape index (κ1) is 36.6. The Morgan fingerprint density at radius 1 is 0.679 bits per heavy atom. The van der Waals surface area contributed by atoms with E-state index in [4.69, 9.17) is 0 Å². The Hall–Kier alpha value is -3.74. The maximum absolute atomic E-state index is 15.4. The summed E-state index contributed by atoms with van der Waals surface area (Å²) in [5.74, 6) is -1.21. The van der Waals surface area contributed by atoms with Crippen molar-refractivity contribution in [3.63, 3.8) is 0 Å². The highest BCUT2D eigenvalue weighted by atomic mass is 19.1. The molecule has 3 saturated heterocycles. The SMILES string of the molecule is O=C(O)C(CC12C3C4C5C3C1C5(C[N+](=Cc1cc(F)cc(C[C@H](C(=O)O)[C@H]3CCNC3)c1)Cc1cc(F)cc(C[C@H](C(=O)O)[C@H]3CCNC3)c1)C42)[C@H]1CCNC1. The van der Waals surface area contributed by atoms with Gasteiger partial charge in [-0.05, 0) is 184 Å². The van der Waals surface area contributed by atoms with Crippen LogP contribution >= 0.6 is 0 Å². The van der Waals surface area contributed by atoms with Crippen molar-refractivity contribution in [1.82, 2.24) is 16.0 Å². The first-order valence-corrected chi connectivity index (χ1v) is 21.0. The summed E-state index contributed by atoms with van der Waals surface area (Å²) in [5.41, 5.74) is 2.79. The van der Waals surface area contributed by atoms with Crippen molar-refractivity contribution in [2.45, 2.75) is 45.1 Å². The smallest absolute Gasteiger partial charge is 0.307 e. The lowest BCUT2D eigenvalue weighted by molar-refractivity contribution is -0.705. The van der Waals surface area contributed by atoms with Gasteiger partial charge in [0.1, 0.15) is 18.2 Å². The minimum absolute atomic E-state index is 0.0244. The molecule has 3 aliphatic heterocycles. The topological polar surface area (TPSA) is 151 Å². The molecule has 6 N–H and O–H groups in total. The van der Waals surface area contributed by atoms with Gasteiger partial charge >= 0.3 is 17.9 Å². The number of carboxylic acid groups (broad SMARTS) is 3. The molecule has 0 aromatic heterocycles. The molecule has 298 valence electrons. The molecule has 0 spiro atoms. The van der Waals surface area contributed by atoms with E-state index in [9.17, 15) is 29.7 Å². The van der Waals surface area contributed by atoms with E-state index in [0.717, 1.165) is 51.9 Å². The lowest BCUT2D eigenvalue weighted by Gasteiger charge is -3.11. The zero-order valence-electron chi connectivity index (χ0n) is 31.6. The van der Waals surface area contributed by atoms with Gasteiger partial charge in [-0.15, -0.1) is 0 Å². The van der Waals surface area contributed by atoms with E-state index in [2.05, 4.69) is 20.5 Å². The fraction of sp³-hybridized carbons (Fsp3) is 0.636. The summed E-state index contributed by atoms with van der Waals surface area (Å²) in [7, 11) is 0. The number of halogens is 2. The van der Waals surface area contributed by atoms with Gasteiger partial charge in [-0.25, -0.2) is 13.4 Å². The summed E-state index contributed by atoms with van der Waals surface area (Å²) < 4.78 is 33.0. The monoisotopic (exact) mass is 771 g/mol. The minimum atomic E-state index is -0.880. The van der Waals surface area contributed by atoms with Crippen molar-refractivity contribution < 1.29 is 43.1 Å². The van der Waals surface area contributed by atoms with Crippen LogP contribution < -0.4 is 16.0 Å². The average Bonchev–Trinajstić information content (AvgIpc) is 3.96. The van der Waals surface area contributed by atoms with Crippen LogP contribution in [0, 0.1) is 93.5 Å². The molecule has 9 fully saturated rings. The first-order chi connectivity index (χ1) is 27.0. The lowest BCUT2D eigenvalue weighted by atomic mass is 8.92.